The molecular formula is C36H36BrClN8O6. The van der Waals surface area contributed by atoms with Gasteiger partial charge in [-0.05, 0) is 79.9 Å². The Hall–Kier alpha value is -5.87. The number of carbonyl (C=O) groups is 4. The normalized spacial score (nSPS) is 11.9. The Balaban J connectivity index is 0.00000729. The monoisotopic (exact) mass is 790 g/mol. The first kappa shape index (κ1) is 40.6. The Labute approximate surface area is 314 Å². The summed E-state index contributed by atoms with van der Waals surface area (Å²) in [4.78, 5) is 49.6. The van der Waals surface area contributed by atoms with Crippen molar-refractivity contribution in [2.45, 2.75) is 38.5 Å². The second kappa shape index (κ2) is 18.9. The molecule has 16 heteroatoms. The Morgan fingerprint density at radius 3 is 2.40 bits per heavy atom. The minimum Gasteiger partial charge on any atom is -0.496 e. The summed E-state index contributed by atoms with van der Waals surface area (Å²) in [6.45, 7) is 1.62. The lowest BCUT2D eigenvalue weighted by Gasteiger charge is -2.20. The number of primary amides is 1. The molecule has 0 aliphatic heterocycles. The standard InChI is InChI=1S/C36H35BrN8O6.ClH/c1-21(40)33(46)44-30(4-3-13-42-35(41)48)34(47)43-27-9-5-22(6-10-27)20-51-36(49)45-19-29(28-16-26(37)8-11-31(28)45)25(18-39)15-24-14-23(17-38)7-12-32(24)50-2;/h5-12,14-16,19,21,30H,3-4,13,20,40H2,1-2H3,(H,43,47)(H,44,46)(H3,41,42,48);1H/b25-15+;/t21-,30-;/m0./s1. The summed E-state index contributed by atoms with van der Waals surface area (Å²) in [5.74, 6) is -0.513. The smallest absolute Gasteiger partial charge is 0.418 e. The topological polar surface area (TPSA) is 227 Å². The van der Waals surface area contributed by atoms with E-state index in [0.717, 1.165) is 4.47 Å². The van der Waals surface area contributed by atoms with Crippen molar-refractivity contribution in [3.63, 3.8) is 0 Å². The van der Waals surface area contributed by atoms with E-state index in [9.17, 15) is 29.7 Å². The van der Waals surface area contributed by atoms with Crippen LogP contribution in [0.4, 0.5) is 15.3 Å². The highest BCUT2D eigenvalue weighted by Crippen LogP contribution is 2.33. The van der Waals surface area contributed by atoms with E-state index in [1.54, 1.807) is 66.7 Å². The van der Waals surface area contributed by atoms with Crippen molar-refractivity contribution in [2.24, 2.45) is 11.5 Å². The molecule has 0 fully saturated rings. The Morgan fingerprint density at radius 2 is 1.77 bits per heavy atom. The van der Waals surface area contributed by atoms with Gasteiger partial charge in [-0.3, -0.25) is 14.2 Å². The summed E-state index contributed by atoms with van der Waals surface area (Å²) in [7, 11) is 1.49. The third kappa shape index (κ3) is 10.6. The summed E-state index contributed by atoms with van der Waals surface area (Å²) < 4.78 is 13.1. The molecule has 0 unspecified atom stereocenters. The maximum atomic E-state index is 13.4. The molecule has 0 aliphatic carbocycles. The van der Waals surface area contributed by atoms with Crippen LogP contribution in [0.3, 0.4) is 0 Å². The number of methoxy groups -OCH3 is 1. The lowest BCUT2D eigenvalue weighted by atomic mass is 10.0. The molecule has 0 saturated carbocycles. The zero-order chi connectivity index (χ0) is 37.1. The minimum absolute atomic E-state index is 0. The van der Waals surface area contributed by atoms with Gasteiger partial charge in [0.15, 0.2) is 0 Å². The van der Waals surface area contributed by atoms with Gasteiger partial charge >= 0.3 is 12.1 Å². The number of halogens is 2. The quantitative estimate of drug-likeness (QED) is 0.0887. The molecule has 4 aromatic rings. The van der Waals surface area contributed by atoms with E-state index >= 15 is 0 Å². The number of urea groups is 1. The van der Waals surface area contributed by atoms with E-state index in [1.165, 1.54) is 24.8 Å². The number of anilines is 1. The van der Waals surface area contributed by atoms with Crippen molar-refractivity contribution < 1.29 is 28.7 Å². The molecule has 52 heavy (non-hydrogen) atoms. The number of hydrogen-bond donors (Lipinski definition) is 5. The first-order valence-corrected chi connectivity index (χ1v) is 16.4. The molecule has 1 aromatic heterocycles. The van der Waals surface area contributed by atoms with Gasteiger partial charge in [0, 0.05) is 39.4 Å². The lowest BCUT2D eigenvalue weighted by Crippen LogP contribution is -2.49. The largest absolute Gasteiger partial charge is 0.496 e. The number of nitriles is 2. The molecule has 4 rings (SSSR count). The van der Waals surface area contributed by atoms with Crippen molar-refractivity contribution in [1.29, 1.82) is 10.5 Å². The highest BCUT2D eigenvalue weighted by molar-refractivity contribution is 9.10. The third-order valence-corrected chi connectivity index (χ3v) is 8.12. The molecule has 0 aliphatic rings. The molecule has 3 aromatic carbocycles. The van der Waals surface area contributed by atoms with Gasteiger partial charge in [-0.1, -0.05) is 28.1 Å². The van der Waals surface area contributed by atoms with Crippen molar-refractivity contribution in [2.75, 3.05) is 19.0 Å². The summed E-state index contributed by atoms with van der Waals surface area (Å²) in [6, 6.07) is 18.6. The number of benzene rings is 3. The molecule has 4 amide bonds. The molecule has 270 valence electrons. The fourth-order valence-corrected chi connectivity index (χ4v) is 5.39. The van der Waals surface area contributed by atoms with Gasteiger partial charge in [0.25, 0.3) is 0 Å². The highest BCUT2D eigenvalue weighted by Gasteiger charge is 2.23. The summed E-state index contributed by atoms with van der Waals surface area (Å²) in [5, 5.41) is 28.0. The number of allylic oxidation sites excluding steroid dienone is 1. The molecular weight excluding hydrogens is 756 g/mol. The average Bonchev–Trinajstić information content (AvgIpc) is 3.49. The fraction of sp³-hybridized carbons (Fsp3) is 0.222. The van der Waals surface area contributed by atoms with Crippen LogP contribution in [0.2, 0.25) is 0 Å². The van der Waals surface area contributed by atoms with Crippen molar-refractivity contribution in [3.8, 4) is 17.9 Å². The highest BCUT2D eigenvalue weighted by atomic mass is 79.9. The molecule has 0 bridgehead atoms. The van der Waals surface area contributed by atoms with E-state index in [2.05, 4.69) is 44.0 Å². The van der Waals surface area contributed by atoms with E-state index in [4.69, 9.17) is 20.9 Å². The zero-order valence-corrected chi connectivity index (χ0v) is 30.5. The number of hydrogen-bond acceptors (Lipinski definition) is 9. The summed E-state index contributed by atoms with van der Waals surface area (Å²) in [6.07, 6.45) is 3.03. The number of fused-ring (bicyclic) bond motifs is 1. The van der Waals surface area contributed by atoms with Crippen molar-refractivity contribution in [1.82, 2.24) is 15.2 Å². The molecule has 2 atom stereocenters. The lowest BCUT2D eigenvalue weighted by molar-refractivity contribution is -0.127. The van der Waals surface area contributed by atoms with Crippen LogP contribution in [0.5, 0.6) is 5.75 Å². The first-order valence-electron chi connectivity index (χ1n) is 15.6. The van der Waals surface area contributed by atoms with Gasteiger partial charge in [-0.25, -0.2) is 9.59 Å². The number of aromatic nitrogens is 1. The van der Waals surface area contributed by atoms with Crippen LogP contribution in [0, 0.1) is 22.7 Å². The number of carbonyl (C=O) groups excluding carboxylic acids is 4. The van der Waals surface area contributed by atoms with Crippen LogP contribution in [0.25, 0.3) is 22.6 Å². The molecule has 1 heterocycles. The summed E-state index contributed by atoms with van der Waals surface area (Å²) >= 11 is 3.47. The number of ether oxygens (including phenoxy) is 2. The number of nitrogens with zero attached hydrogens (tertiary/aromatic N) is 3. The third-order valence-electron chi connectivity index (χ3n) is 7.63. The van der Waals surface area contributed by atoms with Gasteiger partial charge in [0.2, 0.25) is 11.8 Å². The van der Waals surface area contributed by atoms with Gasteiger partial charge < -0.3 is 36.9 Å². The summed E-state index contributed by atoms with van der Waals surface area (Å²) in [5.41, 5.74) is 13.9. The van der Waals surface area contributed by atoms with Crippen LogP contribution in [0.15, 0.2) is 71.3 Å². The SMILES string of the molecule is COc1ccc(C#N)cc1/C=C(\C#N)c1cn(C(=O)OCc2ccc(NC(=O)[C@H](CCCNC(N)=O)NC(=O)[C@H](C)N)cc2)c2ccc(Br)cc12.Cl. The van der Waals surface area contributed by atoms with E-state index in [0.29, 0.717) is 51.0 Å². The molecule has 7 N–H and O–H groups in total. The molecule has 0 spiro atoms. The number of nitrogens with one attached hydrogen (secondary N) is 3. The van der Waals surface area contributed by atoms with E-state index < -0.39 is 36.0 Å². The maximum Gasteiger partial charge on any atom is 0.418 e. The number of amides is 4. The predicted molar refractivity (Wildman–Crippen MR) is 201 cm³/mol. The average molecular weight is 792 g/mol. The second-order valence-corrected chi connectivity index (χ2v) is 12.3. The Kier molecular flexibility index (Phi) is 14.8. The molecule has 14 nitrogen and oxygen atoms in total. The number of rotatable bonds is 13. The maximum absolute atomic E-state index is 13.4. The predicted octanol–water partition coefficient (Wildman–Crippen LogP) is 5.17. The van der Waals surface area contributed by atoms with Crippen molar-refractivity contribution >= 4 is 80.5 Å². The fourth-order valence-electron chi connectivity index (χ4n) is 5.03. The van der Waals surface area contributed by atoms with Gasteiger partial charge in [0.05, 0.1) is 41.9 Å². The van der Waals surface area contributed by atoms with Gasteiger partial charge in [0.1, 0.15) is 18.4 Å². The van der Waals surface area contributed by atoms with Crippen LogP contribution in [-0.4, -0.2) is 54.2 Å². The Morgan fingerprint density at radius 1 is 1.04 bits per heavy atom. The molecule has 0 saturated heterocycles. The van der Waals surface area contributed by atoms with Gasteiger partial charge in [-0.15, -0.1) is 12.4 Å². The van der Waals surface area contributed by atoms with E-state index in [1.807, 2.05) is 0 Å². The zero-order valence-electron chi connectivity index (χ0n) is 28.1. The first-order chi connectivity index (χ1) is 24.4. The van der Waals surface area contributed by atoms with Gasteiger partial charge in [-0.2, -0.15) is 10.5 Å². The van der Waals surface area contributed by atoms with Crippen molar-refractivity contribution in [3.05, 3.63) is 93.6 Å². The second-order valence-electron chi connectivity index (χ2n) is 11.3. The van der Waals surface area contributed by atoms with Crippen LogP contribution in [0.1, 0.15) is 42.0 Å². The number of nitrogens with two attached hydrogens (primary N) is 2. The van der Waals surface area contributed by atoms with Crippen LogP contribution in [-0.2, 0) is 20.9 Å². The van der Waals surface area contributed by atoms with E-state index in [-0.39, 0.29) is 37.6 Å². The van der Waals surface area contributed by atoms with Crippen LogP contribution >= 0.6 is 28.3 Å². The minimum atomic E-state index is -0.915. The van der Waals surface area contributed by atoms with Crippen LogP contribution < -0.4 is 32.2 Å². The Bertz CT molecular complexity index is 2070. The molecule has 0 radical (unpaired) electrons.